The Morgan fingerprint density at radius 3 is 2.55 bits per heavy atom. The van der Waals surface area contributed by atoms with Crippen LogP contribution < -0.4 is 5.32 Å². The van der Waals surface area contributed by atoms with Crippen molar-refractivity contribution < 1.29 is 18.0 Å². The van der Waals surface area contributed by atoms with Crippen LogP contribution in [0.2, 0.25) is 5.02 Å². The number of hydrogen-bond acceptors (Lipinski definition) is 3. The van der Waals surface area contributed by atoms with Gasteiger partial charge in [0.2, 0.25) is 0 Å². The highest BCUT2D eigenvalue weighted by Crippen LogP contribution is 2.35. The van der Waals surface area contributed by atoms with Crippen molar-refractivity contribution in [3.63, 3.8) is 0 Å². The maximum absolute atomic E-state index is 12.8. The topological polar surface area (TPSA) is 75.6 Å². The van der Waals surface area contributed by atoms with E-state index >= 15 is 0 Å². The maximum atomic E-state index is 12.8. The molecule has 29 heavy (non-hydrogen) atoms. The predicted molar refractivity (Wildman–Crippen MR) is 103 cm³/mol. The van der Waals surface area contributed by atoms with Crippen molar-refractivity contribution in [3.8, 4) is 11.3 Å². The molecule has 0 atom stereocenters. The third-order valence-corrected chi connectivity index (χ3v) is 4.86. The Balaban J connectivity index is 1.54. The molecule has 10 heteroatoms. The maximum Gasteiger partial charge on any atom is 0.436 e. The number of carbonyl (C=O) groups is 1. The largest absolute Gasteiger partial charge is 0.436 e. The van der Waals surface area contributed by atoms with E-state index in [1.54, 1.807) is 6.07 Å². The molecular formula is C19H19ClF3N5O. The van der Waals surface area contributed by atoms with E-state index in [1.807, 2.05) is 31.2 Å². The molecule has 0 spiro atoms. The van der Waals surface area contributed by atoms with E-state index in [4.69, 9.17) is 11.6 Å². The van der Waals surface area contributed by atoms with Gasteiger partial charge in [-0.15, -0.1) is 0 Å². The third-order valence-electron chi connectivity index (χ3n) is 4.40. The van der Waals surface area contributed by atoms with E-state index in [0.29, 0.717) is 17.8 Å². The monoisotopic (exact) mass is 425 g/mol. The van der Waals surface area contributed by atoms with Crippen LogP contribution in [-0.2, 0) is 12.7 Å². The molecule has 2 heterocycles. The van der Waals surface area contributed by atoms with Crippen LogP contribution in [0.1, 0.15) is 33.9 Å². The van der Waals surface area contributed by atoms with Crippen LogP contribution in [0.5, 0.6) is 0 Å². The van der Waals surface area contributed by atoms with Gasteiger partial charge in [0.25, 0.3) is 5.91 Å². The van der Waals surface area contributed by atoms with Crippen LogP contribution in [0.25, 0.3) is 11.3 Å². The molecule has 0 bridgehead atoms. The molecule has 0 saturated carbocycles. The zero-order chi connectivity index (χ0) is 21.2. The van der Waals surface area contributed by atoms with Crippen molar-refractivity contribution in [1.82, 2.24) is 25.3 Å². The van der Waals surface area contributed by atoms with E-state index in [-0.39, 0.29) is 24.7 Å². The number of rotatable bonds is 6. The van der Waals surface area contributed by atoms with Crippen molar-refractivity contribution >= 4 is 17.5 Å². The highest BCUT2D eigenvalue weighted by molar-refractivity contribution is 6.31. The number of nitrogens with zero attached hydrogens (tertiary/aromatic N) is 3. The summed E-state index contributed by atoms with van der Waals surface area (Å²) in [6.45, 7) is 3.91. The second-order valence-corrected chi connectivity index (χ2v) is 6.99. The lowest BCUT2D eigenvalue weighted by Gasteiger charge is -2.06. The summed E-state index contributed by atoms with van der Waals surface area (Å²) in [5.41, 5.74) is 2.11. The van der Waals surface area contributed by atoms with Gasteiger partial charge < -0.3 is 5.32 Å². The second kappa shape index (κ2) is 8.28. The predicted octanol–water partition coefficient (Wildman–Crippen LogP) is 4.38. The van der Waals surface area contributed by atoms with Crippen LogP contribution in [0.3, 0.4) is 0 Å². The van der Waals surface area contributed by atoms with Gasteiger partial charge in [-0.3, -0.25) is 14.6 Å². The van der Waals surface area contributed by atoms with Crippen molar-refractivity contribution in [2.45, 2.75) is 33.0 Å². The van der Waals surface area contributed by atoms with Gasteiger partial charge in [0, 0.05) is 18.7 Å². The van der Waals surface area contributed by atoms with E-state index < -0.39 is 16.9 Å². The van der Waals surface area contributed by atoms with Crippen LogP contribution in [0.4, 0.5) is 13.2 Å². The lowest BCUT2D eigenvalue weighted by Crippen LogP contribution is -2.25. The molecule has 0 unspecified atom stereocenters. The molecule has 3 aromatic rings. The van der Waals surface area contributed by atoms with Crippen molar-refractivity contribution in [3.05, 3.63) is 58.0 Å². The summed E-state index contributed by atoms with van der Waals surface area (Å²) in [6.07, 6.45) is -4.21. The zero-order valence-corrected chi connectivity index (χ0v) is 16.5. The molecule has 3 rings (SSSR count). The minimum absolute atomic E-state index is 0.194. The fourth-order valence-electron chi connectivity index (χ4n) is 2.76. The number of H-pyrrole nitrogens is 1. The summed E-state index contributed by atoms with van der Waals surface area (Å²) in [6, 6.07) is 9.39. The number of aryl methyl sites for hydroxylation is 2. The average Bonchev–Trinajstić information content (AvgIpc) is 3.26. The zero-order valence-electron chi connectivity index (χ0n) is 15.8. The molecule has 0 saturated heterocycles. The molecule has 1 aromatic carbocycles. The Kier molecular flexibility index (Phi) is 5.97. The van der Waals surface area contributed by atoms with Crippen LogP contribution in [-0.4, -0.2) is 32.4 Å². The minimum Gasteiger partial charge on any atom is -0.351 e. The molecular weight excluding hydrogens is 407 g/mol. The average molecular weight is 426 g/mol. The number of aromatic nitrogens is 4. The van der Waals surface area contributed by atoms with E-state index in [1.165, 1.54) is 11.6 Å². The first-order valence-corrected chi connectivity index (χ1v) is 9.25. The van der Waals surface area contributed by atoms with Crippen LogP contribution in [0.15, 0.2) is 30.3 Å². The number of halogens is 4. The fraction of sp³-hybridized carbons (Fsp3) is 0.316. The van der Waals surface area contributed by atoms with Crippen molar-refractivity contribution in [1.29, 1.82) is 0 Å². The molecule has 0 aliphatic heterocycles. The van der Waals surface area contributed by atoms with E-state index in [9.17, 15) is 18.0 Å². The minimum atomic E-state index is -4.60. The summed E-state index contributed by atoms with van der Waals surface area (Å²) >= 11 is 5.72. The Bertz CT molecular complexity index is 1010. The molecule has 2 aromatic heterocycles. The lowest BCUT2D eigenvalue weighted by atomic mass is 10.1. The second-order valence-electron chi connectivity index (χ2n) is 6.61. The van der Waals surface area contributed by atoms with Crippen molar-refractivity contribution in [2.75, 3.05) is 6.54 Å². The summed E-state index contributed by atoms with van der Waals surface area (Å²) < 4.78 is 39.7. The van der Waals surface area contributed by atoms with E-state index in [2.05, 4.69) is 20.6 Å². The Labute approximate surface area is 170 Å². The van der Waals surface area contributed by atoms with Gasteiger partial charge in [-0.1, -0.05) is 41.4 Å². The van der Waals surface area contributed by atoms with Gasteiger partial charge in [0.05, 0.1) is 16.4 Å². The molecule has 6 nitrogen and oxygen atoms in total. The summed E-state index contributed by atoms with van der Waals surface area (Å²) in [4.78, 5) is 12.2. The molecule has 154 valence electrons. The smallest absolute Gasteiger partial charge is 0.351 e. The summed E-state index contributed by atoms with van der Waals surface area (Å²) in [5, 5.41) is 12.7. The molecule has 1 amide bonds. The first-order valence-electron chi connectivity index (χ1n) is 8.87. The van der Waals surface area contributed by atoms with Crippen LogP contribution in [0, 0.1) is 13.8 Å². The number of nitrogens with one attached hydrogen (secondary N) is 2. The number of alkyl halides is 3. The van der Waals surface area contributed by atoms with Gasteiger partial charge in [0.15, 0.2) is 5.69 Å². The van der Waals surface area contributed by atoms with E-state index in [0.717, 1.165) is 11.1 Å². The quantitative estimate of drug-likeness (QED) is 0.575. The fourth-order valence-corrected chi connectivity index (χ4v) is 3.00. The molecule has 2 N–H and O–H groups in total. The SMILES string of the molecule is Cc1ccc(-c2cc(C(=O)NCCCn3nc(C(F)(F)F)c(Cl)c3C)[nH]n2)cc1. The van der Waals surface area contributed by atoms with Gasteiger partial charge in [-0.05, 0) is 26.3 Å². The number of amides is 1. The van der Waals surface area contributed by atoms with Gasteiger partial charge in [-0.2, -0.15) is 23.4 Å². The first kappa shape index (κ1) is 20.9. The first-order chi connectivity index (χ1) is 13.7. The number of hydrogen-bond donors (Lipinski definition) is 2. The summed E-state index contributed by atoms with van der Waals surface area (Å²) in [7, 11) is 0. The molecule has 0 radical (unpaired) electrons. The highest BCUT2D eigenvalue weighted by atomic mass is 35.5. The van der Waals surface area contributed by atoms with Crippen LogP contribution >= 0.6 is 11.6 Å². The Hall–Kier alpha value is -2.81. The lowest BCUT2D eigenvalue weighted by molar-refractivity contribution is -0.141. The standard InChI is InChI=1S/C19H19ClF3N5O/c1-11-4-6-13(7-5-11)14-10-15(26-25-14)18(29)24-8-3-9-28-12(2)16(20)17(27-28)19(21,22)23/h4-7,10H,3,8-9H2,1-2H3,(H,24,29)(H,25,26). The number of benzene rings is 1. The van der Waals surface area contributed by atoms with Gasteiger partial charge in [-0.25, -0.2) is 0 Å². The Morgan fingerprint density at radius 1 is 1.24 bits per heavy atom. The van der Waals surface area contributed by atoms with Gasteiger partial charge >= 0.3 is 6.18 Å². The molecule has 0 aliphatic carbocycles. The third kappa shape index (κ3) is 4.79. The Morgan fingerprint density at radius 2 is 1.93 bits per heavy atom. The number of carbonyl (C=O) groups excluding carboxylic acids is 1. The highest BCUT2D eigenvalue weighted by Gasteiger charge is 2.38. The molecule has 0 aliphatic rings. The number of aromatic amines is 1. The molecule has 0 fully saturated rings. The van der Waals surface area contributed by atoms with Gasteiger partial charge in [0.1, 0.15) is 5.69 Å². The van der Waals surface area contributed by atoms with Crippen molar-refractivity contribution in [2.24, 2.45) is 0 Å². The summed E-state index contributed by atoms with van der Waals surface area (Å²) in [5.74, 6) is -0.345. The normalized spacial score (nSPS) is 11.7.